The molecule has 25 heavy (non-hydrogen) atoms. The predicted octanol–water partition coefficient (Wildman–Crippen LogP) is 1.78. The second-order valence-corrected chi connectivity index (χ2v) is 6.90. The number of aromatic nitrogens is 3. The molecule has 2 atom stereocenters. The summed E-state index contributed by atoms with van der Waals surface area (Å²) >= 11 is 0. The number of furan rings is 1. The Kier molecular flexibility index (Phi) is 6.23. The first kappa shape index (κ1) is 18.1. The lowest BCUT2D eigenvalue weighted by atomic mass is 9.98. The molecule has 1 aliphatic heterocycles. The minimum atomic E-state index is -0.482. The number of ether oxygens (including phenoxy) is 1. The Balaban J connectivity index is 1.40. The van der Waals surface area contributed by atoms with Crippen molar-refractivity contribution in [2.24, 2.45) is 5.92 Å². The van der Waals surface area contributed by atoms with Gasteiger partial charge in [0.1, 0.15) is 24.0 Å². The number of aliphatic hydroxyl groups is 1. The van der Waals surface area contributed by atoms with E-state index >= 15 is 0 Å². The maximum atomic E-state index is 10.2. The molecule has 1 fully saturated rings. The van der Waals surface area contributed by atoms with E-state index in [4.69, 9.17) is 9.15 Å². The summed E-state index contributed by atoms with van der Waals surface area (Å²) in [4.78, 5) is 6.70. The molecule has 0 bridgehead atoms. The third-order valence-electron chi connectivity index (χ3n) is 4.60. The minimum absolute atomic E-state index is 0.323. The zero-order valence-corrected chi connectivity index (χ0v) is 15.1. The highest BCUT2D eigenvalue weighted by molar-refractivity contribution is 4.96. The highest BCUT2D eigenvalue weighted by Crippen LogP contribution is 2.19. The van der Waals surface area contributed by atoms with Crippen LogP contribution in [-0.2, 0) is 17.9 Å². The van der Waals surface area contributed by atoms with Crippen molar-refractivity contribution in [1.82, 2.24) is 19.7 Å². The molecular formula is C18H28N4O3. The molecule has 7 nitrogen and oxygen atoms in total. The fourth-order valence-electron chi connectivity index (χ4n) is 3.49. The van der Waals surface area contributed by atoms with E-state index in [9.17, 15) is 5.11 Å². The fourth-order valence-corrected chi connectivity index (χ4v) is 3.49. The molecule has 0 aliphatic carbocycles. The average Bonchev–Trinajstić information content (AvgIpc) is 3.18. The summed E-state index contributed by atoms with van der Waals surface area (Å²) in [6.07, 6.45) is 3.49. The topological polar surface area (TPSA) is 76.6 Å². The molecular weight excluding hydrogens is 320 g/mol. The van der Waals surface area contributed by atoms with E-state index in [0.717, 1.165) is 43.5 Å². The van der Waals surface area contributed by atoms with E-state index in [0.29, 0.717) is 25.7 Å². The lowest BCUT2D eigenvalue weighted by molar-refractivity contribution is -0.00200. The number of hydrogen-bond donors (Lipinski definition) is 1. The summed E-state index contributed by atoms with van der Waals surface area (Å²) in [5.41, 5.74) is 0. The molecule has 1 saturated heterocycles. The number of piperidine rings is 1. The number of rotatable bonds is 8. The second-order valence-electron chi connectivity index (χ2n) is 6.90. The number of hydrogen-bond acceptors (Lipinski definition) is 6. The Morgan fingerprint density at radius 1 is 1.44 bits per heavy atom. The Hall–Kier alpha value is -1.70. The zero-order valence-electron chi connectivity index (χ0n) is 15.1. The smallest absolute Gasteiger partial charge is 0.147 e. The van der Waals surface area contributed by atoms with Gasteiger partial charge < -0.3 is 19.2 Å². The van der Waals surface area contributed by atoms with Crippen molar-refractivity contribution in [1.29, 1.82) is 0 Å². The van der Waals surface area contributed by atoms with Crippen molar-refractivity contribution in [2.45, 2.75) is 45.9 Å². The molecule has 2 aromatic rings. The first-order valence-corrected chi connectivity index (χ1v) is 8.98. The SMILES string of the molecule is Cc1nc(C)n(CC2CCCN(CC(O)COCc3ccco3)C2)n1. The van der Waals surface area contributed by atoms with Gasteiger partial charge in [-0.1, -0.05) is 0 Å². The molecule has 3 rings (SSSR count). The number of aliphatic hydroxyl groups excluding tert-OH is 1. The Morgan fingerprint density at radius 2 is 2.32 bits per heavy atom. The summed E-state index contributed by atoms with van der Waals surface area (Å²) in [6, 6.07) is 3.71. The summed E-state index contributed by atoms with van der Waals surface area (Å²) in [6.45, 7) is 8.20. The highest BCUT2D eigenvalue weighted by atomic mass is 16.5. The largest absolute Gasteiger partial charge is 0.467 e. The zero-order chi connectivity index (χ0) is 17.6. The summed E-state index contributed by atoms with van der Waals surface area (Å²) in [5, 5.41) is 14.7. The van der Waals surface area contributed by atoms with E-state index in [1.54, 1.807) is 6.26 Å². The van der Waals surface area contributed by atoms with Crippen molar-refractivity contribution < 1.29 is 14.3 Å². The monoisotopic (exact) mass is 348 g/mol. The van der Waals surface area contributed by atoms with Crippen molar-refractivity contribution in [3.8, 4) is 0 Å². The van der Waals surface area contributed by atoms with Gasteiger partial charge in [0.05, 0.1) is 19.0 Å². The van der Waals surface area contributed by atoms with Crippen molar-refractivity contribution in [2.75, 3.05) is 26.2 Å². The van der Waals surface area contributed by atoms with Crippen molar-refractivity contribution in [3.05, 3.63) is 35.8 Å². The maximum absolute atomic E-state index is 10.2. The normalized spacial score (nSPS) is 20.0. The van der Waals surface area contributed by atoms with Crippen LogP contribution in [0.1, 0.15) is 30.3 Å². The average molecular weight is 348 g/mol. The van der Waals surface area contributed by atoms with Crippen LogP contribution in [0.5, 0.6) is 0 Å². The number of β-amino-alcohol motifs (C(OH)–C–C–N with tert-alkyl or cyclic N) is 1. The Bertz CT molecular complexity index is 641. The summed E-state index contributed by atoms with van der Waals surface area (Å²) in [5.74, 6) is 3.13. The first-order chi connectivity index (χ1) is 12.1. The van der Waals surface area contributed by atoms with Crippen LogP contribution in [0.25, 0.3) is 0 Å². The van der Waals surface area contributed by atoms with E-state index in [-0.39, 0.29) is 0 Å². The third-order valence-corrected chi connectivity index (χ3v) is 4.60. The predicted molar refractivity (Wildman–Crippen MR) is 93.0 cm³/mol. The maximum Gasteiger partial charge on any atom is 0.147 e. The number of likely N-dealkylation sites (tertiary alicyclic amines) is 1. The molecule has 1 aliphatic rings. The molecule has 0 saturated carbocycles. The van der Waals surface area contributed by atoms with Gasteiger partial charge in [0.2, 0.25) is 0 Å². The van der Waals surface area contributed by atoms with Crippen LogP contribution in [0, 0.1) is 19.8 Å². The highest BCUT2D eigenvalue weighted by Gasteiger charge is 2.23. The Labute approximate surface area is 148 Å². The summed E-state index contributed by atoms with van der Waals surface area (Å²) in [7, 11) is 0. The number of nitrogens with zero attached hydrogens (tertiary/aromatic N) is 4. The fraction of sp³-hybridized carbons (Fsp3) is 0.667. The summed E-state index contributed by atoms with van der Waals surface area (Å²) < 4.78 is 12.8. The van der Waals surface area contributed by atoms with Gasteiger partial charge in [-0.2, -0.15) is 5.10 Å². The van der Waals surface area contributed by atoms with Gasteiger partial charge in [0.25, 0.3) is 0 Å². The standard InChI is InChI=1S/C18H28N4O3/c1-14-19-15(2)22(20-14)10-16-5-3-7-21(9-16)11-17(23)12-24-13-18-6-4-8-25-18/h4,6,8,16-17,23H,3,5,7,9-13H2,1-2H3. The van der Waals surface area contributed by atoms with E-state index < -0.39 is 6.10 Å². The van der Waals surface area contributed by atoms with Gasteiger partial charge in [-0.3, -0.25) is 0 Å². The van der Waals surface area contributed by atoms with Gasteiger partial charge in [-0.25, -0.2) is 9.67 Å². The quantitative estimate of drug-likeness (QED) is 0.784. The van der Waals surface area contributed by atoms with Gasteiger partial charge in [-0.15, -0.1) is 0 Å². The molecule has 0 radical (unpaired) electrons. The molecule has 7 heteroatoms. The van der Waals surface area contributed by atoms with Crippen molar-refractivity contribution >= 4 is 0 Å². The van der Waals surface area contributed by atoms with Crippen molar-refractivity contribution in [3.63, 3.8) is 0 Å². The molecule has 2 unspecified atom stereocenters. The van der Waals surface area contributed by atoms with Crippen LogP contribution in [0.15, 0.2) is 22.8 Å². The molecule has 2 aromatic heterocycles. The van der Waals surface area contributed by atoms with Crippen LogP contribution in [0.4, 0.5) is 0 Å². The van der Waals surface area contributed by atoms with Gasteiger partial charge in [-0.05, 0) is 51.3 Å². The molecule has 1 N–H and O–H groups in total. The van der Waals surface area contributed by atoms with Crippen LogP contribution >= 0.6 is 0 Å². The van der Waals surface area contributed by atoms with E-state index in [1.807, 2.05) is 30.7 Å². The van der Waals surface area contributed by atoms with Gasteiger partial charge in [0, 0.05) is 19.6 Å². The molecule has 0 aromatic carbocycles. The first-order valence-electron chi connectivity index (χ1n) is 8.98. The van der Waals surface area contributed by atoms with E-state index in [1.165, 1.54) is 6.42 Å². The van der Waals surface area contributed by atoms with E-state index in [2.05, 4.69) is 15.0 Å². The number of aryl methyl sites for hydroxylation is 2. The van der Waals surface area contributed by atoms with Crippen LogP contribution in [-0.4, -0.2) is 57.1 Å². The molecule has 138 valence electrons. The molecule has 0 spiro atoms. The lowest BCUT2D eigenvalue weighted by Crippen LogP contribution is -2.42. The van der Waals surface area contributed by atoms with Gasteiger partial charge >= 0.3 is 0 Å². The van der Waals surface area contributed by atoms with Crippen LogP contribution in [0.2, 0.25) is 0 Å². The third kappa shape index (κ3) is 5.39. The van der Waals surface area contributed by atoms with Crippen LogP contribution in [0.3, 0.4) is 0 Å². The molecule has 3 heterocycles. The van der Waals surface area contributed by atoms with Crippen LogP contribution < -0.4 is 0 Å². The second kappa shape index (κ2) is 8.60. The van der Waals surface area contributed by atoms with Gasteiger partial charge in [0.15, 0.2) is 0 Å². The Morgan fingerprint density at radius 3 is 3.04 bits per heavy atom. The minimum Gasteiger partial charge on any atom is -0.467 e. The molecule has 0 amide bonds. The lowest BCUT2D eigenvalue weighted by Gasteiger charge is -2.33.